The van der Waals surface area contributed by atoms with Crippen LogP contribution in [0.5, 0.6) is 0 Å². The molecule has 1 rings (SSSR count). The largest absolute Gasteiger partial charge is 0.379 e. The Balaban J connectivity index is 2.63. The van der Waals surface area contributed by atoms with E-state index in [9.17, 15) is 4.79 Å². The lowest BCUT2D eigenvalue weighted by Gasteiger charge is -2.06. The zero-order valence-corrected chi connectivity index (χ0v) is 11.5. The van der Waals surface area contributed by atoms with Gasteiger partial charge in [0.1, 0.15) is 0 Å². The number of thiol groups is 1. The molecule has 0 radical (unpaired) electrons. The molecule has 0 aliphatic heterocycles. The second-order valence-corrected chi connectivity index (χ2v) is 4.50. The fourth-order valence-electron chi connectivity index (χ4n) is 1.04. The fourth-order valence-corrected chi connectivity index (χ4v) is 1.61. The molecule has 1 heterocycles. The van der Waals surface area contributed by atoms with Crippen molar-refractivity contribution in [2.75, 3.05) is 19.0 Å². The molecule has 0 bridgehead atoms. The van der Waals surface area contributed by atoms with Gasteiger partial charge in [-0.1, -0.05) is 0 Å². The molecule has 0 aromatic carbocycles. The molecule has 0 saturated carbocycles. The molecule has 0 unspecified atom stereocenters. The van der Waals surface area contributed by atoms with Crippen LogP contribution in [0.4, 0.5) is 0 Å². The highest BCUT2D eigenvalue weighted by atomic mass is 127. The van der Waals surface area contributed by atoms with Crippen LogP contribution in [-0.2, 0) is 11.3 Å². The van der Waals surface area contributed by atoms with Crippen molar-refractivity contribution < 1.29 is 4.74 Å². The van der Waals surface area contributed by atoms with Crippen LogP contribution in [0.25, 0.3) is 0 Å². The molecule has 0 aliphatic carbocycles. The van der Waals surface area contributed by atoms with Crippen LogP contribution in [0, 0.1) is 10.5 Å². The topological polar surface area (TPSA) is 44.1 Å². The van der Waals surface area contributed by atoms with Crippen LogP contribution >= 0.6 is 35.2 Å². The van der Waals surface area contributed by atoms with Crippen LogP contribution in [0.15, 0.2) is 11.1 Å². The van der Waals surface area contributed by atoms with Gasteiger partial charge in [-0.25, -0.2) is 4.98 Å². The molecule has 4 nitrogen and oxygen atoms in total. The average molecular weight is 340 g/mol. The molecule has 1 aromatic heterocycles. The number of rotatable bonds is 5. The van der Waals surface area contributed by atoms with Gasteiger partial charge in [0.05, 0.1) is 35.3 Å². The summed E-state index contributed by atoms with van der Waals surface area (Å²) in [7, 11) is 0. The van der Waals surface area contributed by atoms with E-state index in [0.29, 0.717) is 29.1 Å². The lowest BCUT2D eigenvalue weighted by Crippen LogP contribution is -2.26. The first-order valence-electron chi connectivity index (χ1n) is 4.57. The summed E-state index contributed by atoms with van der Waals surface area (Å²) in [6.45, 7) is 3.48. The summed E-state index contributed by atoms with van der Waals surface area (Å²) in [5.74, 6) is 0.693. The average Bonchev–Trinajstić information content (AvgIpc) is 2.24. The van der Waals surface area contributed by atoms with Crippen LogP contribution in [0.2, 0.25) is 0 Å². The second-order valence-electron chi connectivity index (χ2n) is 2.98. The Labute approximate surface area is 108 Å². The maximum Gasteiger partial charge on any atom is 0.267 e. The number of nitrogens with zero attached hydrogens (tertiary/aromatic N) is 2. The van der Waals surface area contributed by atoms with E-state index in [1.807, 2.05) is 29.5 Å². The van der Waals surface area contributed by atoms with Crippen molar-refractivity contribution in [3.63, 3.8) is 0 Å². The van der Waals surface area contributed by atoms with Crippen LogP contribution in [-0.4, -0.2) is 28.5 Å². The first-order chi connectivity index (χ1) is 7.16. The van der Waals surface area contributed by atoms with Gasteiger partial charge in [-0.2, -0.15) is 12.6 Å². The number of hydrogen-bond donors (Lipinski definition) is 1. The summed E-state index contributed by atoms with van der Waals surface area (Å²) in [5, 5.41) is 0. The minimum Gasteiger partial charge on any atom is -0.379 e. The van der Waals surface area contributed by atoms with Gasteiger partial charge in [0, 0.05) is 5.75 Å². The van der Waals surface area contributed by atoms with Gasteiger partial charge in [0.15, 0.2) is 0 Å². The van der Waals surface area contributed by atoms with E-state index in [-0.39, 0.29) is 5.56 Å². The molecule has 6 heteroatoms. The van der Waals surface area contributed by atoms with Gasteiger partial charge >= 0.3 is 0 Å². The number of aryl methyl sites for hydroxylation is 1. The summed E-state index contributed by atoms with van der Waals surface area (Å²) < 4.78 is 7.48. The molecule has 1 aromatic rings. The van der Waals surface area contributed by atoms with E-state index in [1.54, 1.807) is 10.9 Å². The third-order valence-corrected chi connectivity index (χ3v) is 3.29. The molecule has 0 saturated heterocycles. The van der Waals surface area contributed by atoms with Crippen LogP contribution in [0.1, 0.15) is 5.69 Å². The lowest BCUT2D eigenvalue weighted by molar-refractivity contribution is 0.140. The third-order valence-electron chi connectivity index (χ3n) is 1.87. The molecule has 0 spiro atoms. The van der Waals surface area contributed by atoms with Crippen molar-refractivity contribution in [1.29, 1.82) is 0 Å². The van der Waals surface area contributed by atoms with Crippen molar-refractivity contribution in [3.8, 4) is 0 Å². The zero-order valence-electron chi connectivity index (χ0n) is 8.44. The number of halogens is 1. The molecule has 0 aliphatic rings. The lowest BCUT2D eigenvalue weighted by atomic mass is 10.4. The van der Waals surface area contributed by atoms with Crippen molar-refractivity contribution in [3.05, 3.63) is 25.9 Å². The van der Waals surface area contributed by atoms with E-state index in [1.165, 1.54) is 0 Å². The van der Waals surface area contributed by atoms with Crippen LogP contribution in [0.3, 0.4) is 0 Å². The quantitative estimate of drug-likeness (QED) is 0.496. The Kier molecular flexibility index (Phi) is 5.62. The maximum absolute atomic E-state index is 11.7. The SMILES string of the molecule is Cc1ncn(CCOCCS)c(=O)c1I. The molecule has 0 fully saturated rings. The van der Waals surface area contributed by atoms with Gasteiger partial charge in [0.25, 0.3) is 5.56 Å². The minimum atomic E-state index is -0.00225. The first kappa shape index (κ1) is 13.0. The molecule has 0 atom stereocenters. The molecular weight excluding hydrogens is 327 g/mol. The second kappa shape index (κ2) is 6.49. The van der Waals surface area contributed by atoms with Gasteiger partial charge < -0.3 is 4.74 Å². The predicted octanol–water partition coefficient (Wildman–Crippen LogP) is 1.10. The van der Waals surface area contributed by atoms with Gasteiger partial charge in [0.2, 0.25) is 0 Å². The third kappa shape index (κ3) is 3.76. The van der Waals surface area contributed by atoms with Gasteiger partial charge in [-0.15, -0.1) is 0 Å². The van der Waals surface area contributed by atoms with E-state index >= 15 is 0 Å². The molecule has 15 heavy (non-hydrogen) atoms. The number of hydrogen-bond acceptors (Lipinski definition) is 4. The van der Waals surface area contributed by atoms with Crippen molar-refractivity contribution in [2.45, 2.75) is 13.5 Å². The number of ether oxygens (including phenoxy) is 1. The Morgan fingerprint density at radius 3 is 3.00 bits per heavy atom. The van der Waals surface area contributed by atoms with Gasteiger partial charge in [-0.05, 0) is 29.5 Å². The van der Waals surface area contributed by atoms with E-state index in [4.69, 9.17) is 4.74 Å². The predicted molar refractivity (Wildman–Crippen MR) is 70.6 cm³/mol. The Morgan fingerprint density at radius 2 is 2.33 bits per heavy atom. The van der Waals surface area contributed by atoms with Gasteiger partial charge in [-0.3, -0.25) is 9.36 Å². The Hall–Kier alpha value is -0.0800. The molecular formula is C9H13IN2O2S. The van der Waals surface area contributed by atoms with E-state index in [2.05, 4.69) is 17.6 Å². The summed E-state index contributed by atoms with van der Waals surface area (Å²) in [4.78, 5) is 15.8. The van der Waals surface area contributed by atoms with E-state index in [0.717, 1.165) is 5.69 Å². The normalized spacial score (nSPS) is 10.6. The smallest absolute Gasteiger partial charge is 0.267 e. The summed E-state index contributed by atoms with van der Waals surface area (Å²) in [6.07, 6.45) is 1.56. The van der Waals surface area contributed by atoms with E-state index < -0.39 is 0 Å². The summed E-state index contributed by atoms with van der Waals surface area (Å²) in [5.41, 5.74) is 0.769. The van der Waals surface area contributed by atoms with Crippen LogP contribution < -0.4 is 5.56 Å². The highest BCUT2D eigenvalue weighted by Crippen LogP contribution is 2.00. The summed E-state index contributed by atoms with van der Waals surface area (Å²) >= 11 is 6.04. The van der Waals surface area contributed by atoms with Crippen molar-refractivity contribution in [1.82, 2.24) is 9.55 Å². The monoisotopic (exact) mass is 340 g/mol. The zero-order chi connectivity index (χ0) is 11.3. The highest BCUT2D eigenvalue weighted by molar-refractivity contribution is 14.1. The summed E-state index contributed by atoms with van der Waals surface area (Å²) in [6, 6.07) is 0. The first-order valence-corrected chi connectivity index (χ1v) is 6.28. The maximum atomic E-state index is 11.7. The molecule has 84 valence electrons. The standard InChI is InChI=1S/C9H13IN2O2S/c1-7-8(10)9(13)12(6-11-7)2-3-14-4-5-15/h6,15H,2-5H2,1H3. The Bertz CT molecular complexity index is 381. The Morgan fingerprint density at radius 1 is 1.60 bits per heavy atom. The van der Waals surface area contributed by atoms with Crippen molar-refractivity contribution >= 4 is 35.2 Å². The molecule has 0 amide bonds. The van der Waals surface area contributed by atoms with Crippen molar-refractivity contribution in [2.24, 2.45) is 0 Å². The highest BCUT2D eigenvalue weighted by Gasteiger charge is 2.04. The number of aromatic nitrogens is 2. The minimum absolute atomic E-state index is 0.00225. The molecule has 0 N–H and O–H groups in total. The fraction of sp³-hybridized carbons (Fsp3) is 0.556.